The van der Waals surface area contributed by atoms with Crippen molar-refractivity contribution in [2.75, 3.05) is 0 Å². The van der Waals surface area contributed by atoms with E-state index in [1.807, 2.05) is 19.9 Å². The Bertz CT molecular complexity index is 573. The highest BCUT2D eigenvalue weighted by Gasteiger charge is 2.21. The van der Waals surface area contributed by atoms with Crippen molar-refractivity contribution < 1.29 is 8.42 Å². The Balaban J connectivity index is 2.95. The zero-order chi connectivity index (χ0) is 16.0. The molecule has 1 aromatic rings. The van der Waals surface area contributed by atoms with E-state index in [2.05, 4.69) is 27.6 Å². The van der Waals surface area contributed by atoms with Crippen LogP contribution in [-0.2, 0) is 16.6 Å². The van der Waals surface area contributed by atoms with E-state index in [1.165, 1.54) is 0 Å². The monoisotopic (exact) mass is 376 g/mol. The number of hydrogen-bond donors (Lipinski definition) is 2. The lowest BCUT2D eigenvalue weighted by atomic mass is 10.1. The highest BCUT2D eigenvalue weighted by Crippen LogP contribution is 2.27. The Morgan fingerprint density at radius 3 is 2.57 bits per heavy atom. The largest absolute Gasteiger partial charge is 0.326 e. The highest BCUT2D eigenvalue weighted by molar-refractivity contribution is 9.10. The van der Waals surface area contributed by atoms with Crippen molar-refractivity contribution in [1.82, 2.24) is 4.72 Å². The first-order valence-electron chi connectivity index (χ1n) is 7.33. The zero-order valence-electron chi connectivity index (χ0n) is 12.9. The number of unbranched alkanes of at least 4 members (excludes halogenated alkanes) is 2. The number of aryl methyl sites for hydroxylation is 1. The summed E-state index contributed by atoms with van der Waals surface area (Å²) in [5, 5.41) is 0. The number of hydrogen-bond acceptors (Lipinski definition) is 3. The number of benzene rings is 1. The number of halogens is 1. The van der Waals surface area contributed by atoms with E-state index >= 15 is 0 Å². The van der Waals surface area contributed by atoms with E-state index in [0.29, 0.717) is 11.0 Å². The first-order chi connectivity index (χ1) is 9.81. The second-order valence-corrected chi connectivity index (χ2v) is 7.92. The van der Waals surface area contributed by atoms with Gasteiger partial charge in [-0.15, -0.1) is 0 Å². The molecule has 0 aliphatic heterocycles. The van der Waals surface area contributed by atoms with E-state index in [-0.39, 0.29) is 10.9 Å². The molecule has 0 saturated heterocycles. The van der Waals surface area contributed by atoms with Crippen LogP contribution in [0.15, 0.2) is 21.5 Å². The summed E-state index contributed by atoms with van der Waals surface area (Å²) in [5.74, 6) is 0. The van der Waals surface area contributed by atoms with Gasteiger partial charge in [-0.05, 0) is 53.4 Å². The molecule has 3 N–H and O–H groups in total. The van der Waals surface area contributed by atoms with Crippen LogP contribution in [0.2, 0.25) is 0 Å². The van der Waals surface area contributed by atoms with Crippen molar-refractivity contribution in [3.63, 3.8) is 0 Å². The highest BCUT2D eigenvalue weighted by atomic mass is 79.9. The molecule has 0 spiro atoms. The van der Waals surface area contributed by atoms with E-state index in [9.17, 15) is 8.42 Å². The SMILES string of the molecule is CCCCCC(C)NS(=O)(=O)c1cc(CN)cc(C)c1Br. The molecule has 21 heavy (non-hydrogen) atoms. The van der Waals surface area contributed by atoms with Crippen LogP contribution in [0.3, 0.4) is 0 Å². The van der Waals surface area contributed by atoms with Gasteiger partial charge >= 0.3 is 0 Å². The zero-order valence-corrected chi connectivity index (χ0v) is 15.4. The molecule has 0 saturated carbocycles. The lowest BCUT2D eigenvalue weighted by Crippen LogP contribution is -2.33. The molecule has 0 aliphatic carbocycles. The standard InChI is InChI=1S/C15H25BrN2O2S/c1-4-5-6-7-12(3)18-21(19,20)14-9-13(10-17)8-11(2)15(14)16/h8-9,12,18H,4-7,10,17H2,1-3H3. The maximum atomic E-state index is 12.5. The molecule has 4 nitrogen and oxygen atoms in total. The predicted octanol–water partition coefficient (Wildman–Crippen LogP) is 3.46. The van der Waals surface area contributed by atoms with Crippen LogP contribution in [0.4, 0.5) is 0 Å². The molecular weight excluding hydrogens is 352 g/mol. The predicted molar refractivity (Wildman–Crippen MR) is 90.7 cm³/mol. The van der Waals surface area contributed by atoms with E-state index < -0.39 is 10.0 Å². The Labute approximate surface area is 136 Å². The van der Waals surface area contributed by atoms with Gasteiger partial charge in [-0.2, -0.15) is 0 Å². The van der Waals surface area contributed by atoms with Gasteiger partial charge in [-0.25, -0.2) is 13.1 Å². The first kappa shape index (κ1) is 18.6. The lowest BCUT2D eigenvalue weighted by molar-refractivity contribution is 0.527. The van der Waals surface area contributed by atoms with Gasteiger partial charge in [0.2, 0.25) is 10.0 Å². The molecular formula is C15H25BrN2O2S. The molecule has 0 bridgehead atoms. The maximum absolute atomic E-state index is 12.5. The Morgan fingerprint density at radius 1 is 1.33 bits per heavy atom. The van der Waals surface area contributed by atoms with Crippen molar-refractivity contribution in [3.05, 3.63) is 27.7 Å². The van der Waals surface area contributed by atoms with Crippen molar-refractivity contribution in [2.45, 2.75) is 63.9 Å². The molecule has 0 heterocycles. The number of nitrogens with one attached hydrogen (secondary N) is 1. The fourth-order valence-corrected chi connectivity index (χ4v) is 4.56. The normalized spacial score (nSPS) is 13.4. The van der Waals surface area contributed by atoms with Crippen molar-refractivity contribution in [2.24, 2.45) is 5.73 Å². The summed E-state index contributed by atoms with van der Waals surface area (Å²) in [7, 11) is -3.53. The van der Waals surface area contributed by atoms with Crippen molar-refractivity contribution in [3.8, 4) is 0 Å². The van der Waals surface area contributed by atoms with Gasteiger partial charge in [-0.1, -0.05) is 32.3 Å². The Hall–Kier alpha value is -0.430. The Morgan fingerprint density at radius 2 is 2.00 bits per heavy atom. The van der Waals surface area contributed by atoms with Crippen LogP contribution < -0.4 is 10.5 Å². The lowest BCUT2D eigenvalue weighted by Gasteiger charge is -2.16. The minimum Gasteiger partial charge on any atom is -0.326 e. The summed E-state index contributed by atoms with van der Waals surface area (Å²) < 4.78 is 28.4. The van der Waals surface area contributed by atoms with Gasteiger partial charge in [-0.3, -0.25) is 0 Å². The smallest absolute Gasteiger partial charge is 0.241 e. The summed E-state index contributed by atoms with van der Waals surface area (Å²) in [5.41, 5.74) is 7.32. The average Bonchev–Trinajstić information content (AvgIpc) is 2.41. The molecule has 0 amide bonds. The summed E-state index contributed by atoms with van der Waals surface area (Å²) in [6, 6.07) is 3.46. The quantitative estimate of drug-likeness (QED) is 0.682. The maximum Gasteiger partial charge on any atom is 0.241 e. The van der Waals surface area contributed by atoms with Gasteiger partial charge < -0.3 is 5.73 Å². The van der Waals surface area contributed by atoms with E-state index in [0.717, 1.165) is 36.8 Å². The van der Waals surface area contributed by atoms with Gasteiger partial charge in [0.15, 0.2) is 0 Å². The molecule has 0 aliphatic rings. The molecule has 1 aromatic carbocycles. The number of nitrogens with two attached hydrogens (primary N) is 1. The van der Waals surface area contributed by atoms with Crippen molar-refractivity contribution in [1.29, 1.82) is 0 Å². The van der Waals surface area contributed by atoms with Gasteiger partial charge in [0, 0.05) is 17.1 Å². The van der Waals surface area contributed by atoms with Crippen LogP contribution in [0, 0.1) is 6.92 Å². The summed E-state index contributed by atoms with van der Waals surface area (Å²) >= 11 is 3.37. The van der Waals surface area contributed by atoms with Gasteiger partial charge in [0.1, 0.15) is 0 Å². The third kappa shape index (κ3) is 5.36. The fraction of sp³-hybridized carbons (Fsp3) is 0.600. The van der Waals surface area contributed by atoms with Gasteiger partial charge in [0.05, 0.1) is 4.90 Å². The summed E-state index contributed by atoms with van der Waals surface area (Å²) in [6.07, 6.45) is 4.13. The third-order valence-corrected chi connectivity index (χ3v) is 6.33. The van der Waals surface area contributed by atoms with Crippen LogP contribution >= 0.6 is 15.9 Å². The molecule has 6 heteroatoms. The Kier molecular flexibility index (Phi) is 7.33. The number of sulfonamides is 1. The third-order valence-electron chi connectivity index (χ3n) is 3.40. The summed E-state index contributed by atoms with van der Waals surface area (Å²) in [4.78, 5) is 0.269. The van der Waals surface area contributed by atoms with Crippen LogP contribution in [0.1, 0.15) is 50.7 Å². The first-order valence-corrected chi connectivity index (χ1v) is 9.60. The van der Waals surface area contributed by atoms with Crippen LogP contribution in [0.25, 0.3) is 0 Å². The second-order valence-electron chi connectivity index (χ2n) is 5.45. The summed E-state index contributed by atoms with van der Waals surface area (Å²) in [6.45, 7) is 6.23. The molecule has 0 aromatic heterocycles. The second kappa shape index (κ2) is 8.27. The molecule has 120 valence electrons. The van der Waals surface area contributed by atoms with Crippen molar-refractivity contribution >= 4 is 26.0 Å². The topological polar surface area (TPSA) is 72.2 Å². The van der Waals surface area contributed by atoms with Gasteiger partial charge in [0.25, 0.3) is 0 Å². The molecule has 0 fully saturated rings. The van der Waals surface area contributed by atoms with Crippen LogP contribution in [-0.4, -0.2) is 14.5 Å². The van der Waals surface area contributed by atoms with E-state index in [1.54, 1.807) is 6.07 Å². The molecule has 1 rings (SSSR count). The minimum absolute atomic E-state index is 0.0738. The van der Waals surface area contributed by atoms with E-state index in [4.69, 9.17) is 5.73 Å². The van der Waals surface area contributed by atoms with Crippen LogP contribution in [0.5, 0.6) is 0 Å². The number of rotatable bonds is 8. The minimum atomic E-state index is -3.53. The fourth-order valence-electron chi connectivity index (χ4n) is 2.21. The average molecular weight is 377 g/mol. The molecule has 1 unspecified atom stereocenters. The molecule has 0 radical (unpaired) electrons. The molecule has 1 atom stereocenters.